The number of fused-ring (bicyclic) bond motifs is 4. The molecule has 0 aliphatic heterocycles. The number of carboxylic acids is 1. The number of aromatic nitrogens is 8. The van der Waals surface area contributed by atoms with E-state index in [0.717, 1.165) is 32.9 Å². The Balaban J connectivity index is 0.000000204. The van der Waals surface area contributed by atoms with Crippen LogP contribution in [0, 0.1) is 22.7 Å². The molecule has 8 rings (SSSR count). The standard InChI is InChI=1S/C19H12ClN5O2.C18H10ClN5O2.Li.H2O/c1-27-19(26)18-17-15(8-21)22-5-4-16(17)25(24-18)10-11-2-3-14-12(6-11)7-13(20)9-23-14;19-12-6-11-5-10(1-2-13(11)22-8-12)9-24-15-3-4-21-14(7-20)16(15)17(23-24)18(25)26;;/h2-7,9H,10H2,1H3;1-6,8H,9H2,(H,25,26);;1H2/q;;+1;/p-1. The molecule has 8 aromatic rings. The number of hydrogen-bond acceptors (Lipinski definition) is 12. The first-order valence-corrected chi connectivity index (χ1v) is 16.3. The number of aromatic carboxylic acids is 1. The van der Waals surface area contributed by atoms with E-state index in [1.165, 1.54) is 19.5 Å². The Bertz CT molecular complexity index is 2870. The molecular weight excluding hydrogens is 742 g/mol. The number of carbonyl (C=O) groups excluding carboxylic acids is 1. The van der Waals surface area contributed by atoms with Crippen LogP contribution in [0.5, 0.6) is 0 Å². The number of hydrogen-bond donors (Lipinski definition) is 1. The third-order valence-corrected chi connectivity index (χ3v) is 8.62. The normalized spacial score (nSPS) is 10.5. The van der Waals surface area contributed by atoms with Crippen molar-refractivity contribution in [1.82, 2.24) is 39.5 Å². The van der Waals surface area contributed by atoms with Crippen LogP contribution in [0.3, 0.4) is 0 Å². The van der Waals surface area contributed by atoms with Crippen LogP contribution in [-0.2, 0) is 17.8 Å². The predicted octanol–water partition coefficient (Wildman–Crippen LogP) is 3.42. The van der Waals surface area contributed by atoms with E-state index in [1.807, 2.05) is 60.7 Å². The first-order valence-electron chi connectivity index (χ1n) is 15.6. The maximum atomic E-state index is 12.1. The van der Waals surface area contributed by atoms with Gasteiger partial charge in [0.1, 0.15) is 12.1 Å². The molecule has 2 N–H and O–H groups in total. The summed E-state index contributed by atoms with van der Waals surface area (Å²) in [6, 6.07) is 22.4. The van der Waals surface area contributed by atoms with Gasteiger partial charge in [-0.15, -0.1) is 0 Å². The van der Waals surface area contributed by atoms with Crippen molar-refractivity contribution in [2.75, 3.05) is 7.11 Å². The third kappa shape index (κ3) is 7.93. The third-order valence-electron chi connectivity index (χ3n) is 8.21. The van der Waals surface area contributed by atoms with Crippen LogP contribution in [0.15, 0.2) is 85.5 Å². The summed E-state index contributed by atoms with van der Waals surface area (Å²) in [6.45, 7) is 0.728. The van der Waals surface area contributed by atoms with E-state index in [1.54, 1.807) is 33.9 Å². The molecule has 0 spiro atoms. The van der Waals surface area contributed by atoms with Gasteiger partial charge < -0.3 is 15.3 Å². The smallest absolute Gasteiger partial charge is 0.870 e. The van der Waals surface area contributed by atoms with Crippen LogP contribution < -0.4 is 18.9 Å². The minimum Gasteiger partial charge on any atom is -0.870 e. The minimum absolute atomic E-state index is 0. The summed E-state index contributed by atoms with van der Waals surface area (Å²) in [6.07, 6.45) is 6.17. The summed E-state index contributed by atoms with van der Waals surface area (Å²) in [5.41, 5.74) is 4.72. The van der Waals surface area contributed by atoms with Gasteiger partial charge in [-0.25, -0.2) is 19.6 Å². The number of methoxy groups -OCH3 is 1. The average molecular weight is 766 g/mol. The summed E-state index contributed by atoms with van der Waals surface area (Å²) in [7, 11) is 1.27. The maximum absolute atomic E-state index is 12.1. The van der Waals surface area contributed by atoms with Crippen molar-refractivity contribution in [3.05, 3.63) is 129 Å². The molecule has 0 unspecified atom stereocenters. The van der Waals surface area contributed by atoms with Crippen LogP contribution in [-0.4, -0.2) is 69.1 Å². The Morgan fingerprint density at radius 3 is 1.62 bits per heavy atom. The van der Waals surface area contributed by atoms with Crippen LogP contribution in [0.4, 0.5) is 0 Å². The van der Waals surface area contributed by atoms with Gasteiger partial charge in [0, 0.05) is 35.6 Å². The van der Waals surface area contributed by atoms with Crippen molar-refractivity contribution < 1.29 is 43.8 Å². The van der Waals surface area contributed by atoms with Gasteiger partial charge in [0.2, 0.25) is 0 Å². The van der Waals surface area contributed by atoms with Gasteiger partial charge in [-0.05, 0) is 59.7 Å². The molecule has 0 saturated heterocycles. The number of nitriles is 2. The van der Waals surface area contributed by atoms with Gasteiger partial charge in [-0.2, -0.15) is 20.7 Å². The first-order chi connectivity index (χ1) is 25.7. The molecule has 0 saturated carbocycles. The molecule has 6 heterocycles. The monoisotopic (exact) mass is 764 g/mol. The van der Waals surface area contributed by atoms with E-state index < -0.39 is 11.9 Å². The second-order valence-corrected chi connectivity index (χ2v) is 12.4. The number of pyridine rings is 4. The number of carboxylic acid groups (broad SMARTS) is 1. The number of rotatable bonds is 6. The number of benzene rings is 2. The zero-order valence-corrected chi connectivity index (χ0v) is 30.4. The Morgan fingerprint density at radius 1 is 0.727 bits per heavy atom. The molecule has 0 fully saturated rings. The number of carbonyl (C=O) groups is 2. The number of nitrogens with zero attached hydrogens (tertiary/aromatic N) is 10. The van der Waals surface area contributed by atoms with Gasteiger partial charge in [0.15, 0.2) is 22.8 Å². The maximum Gasteiger partial charge on any atom is 1.00 e. The van der Waals surface area contributed by atoms with Crippen LogP contribution >= 0.6 is 23.2 Å². The molecule has 55 heavy (non-hydrogen) atoms. The molecule has 6 aromatic heterocycles. The van der Waals surface area contributed by atoms with Crippen molar-refractivity contribution in [3.8, 4) is 12.1 Å². The zero-order chi connectivity index (χ0) is 37.2. The summed E-state index contributed by atoms with van der Waals surface area (Å²) < 4.78 is 8.02. The zero-order valence-electron chi connectivity index (χ0n) is 28.8. The minimum atomic E-state index is -1.20. The number of esters is 1. The Hall–Kier alpha value is -6.44. The van der Waals surface area contributed by atoms with E-state index >= 15 is 0 Å². The van der Waals surface area contributed by atoms with Crippen molar-refractivity contribution in [2.45, 2.75) is 13.1 Å². The average Bonchev–Trinajstić information content (AvgIpc) is 3.73. The van der Waals surface area contributed by atoms with Crippen LogP contribution in [0.2, 0.25) is 10.0 Å². The summed E-state index contributed by atoms with van der Waals surface area (Å²) in [5.74, 6) is -1.81. The van der Waals surface area contributed by atoms with Gasteiger partial charge >= 0.3 is 30.8 Å². The van der Waals surface area contributed by atoms with Gasteiger partial charge in [0.25, 0.3) is 0 Å². The fraction of sp³-hybridized carbons (Fsp3) is 0.0811. The second kappa shape index (κ2) is 16.7. The van der Waals surface area contributed by atoms with Crippen molar-refractivity contribution in [3.63, 3.8) is 0 Å². The van der Waals surface area contributed by atoms with E-state index in [-0.39, 0.29) is 52.5 Å². The molecule has 0 amide bonds. The van der Waals surface area contributed by atoms with Crippen LogP contribution in [0.1, 0.15) is 43.5 Å². The van der Waals surface area contributed by atoms with Gasteiger partial charge in [-0.1, -0.05) is 35.3 Å². The van der Waals surface area contributed by atoms with Crippen LogP contribution in [0.25, 0.3) is 43.6 Å². The quantitative estimate of drug-likeness (QED) is 0.189. The van der Waals surface area contributed by atoms with E-state index in [2.05, 4.69) is 30.1 Å². The number of halogens is 2. The largest absolute Gasteiger partial charge is 1.00 e. The van der Waals surface area contributed by atoms with Gasteiger partial charge in [-0.3, -0.25) is 19.3 Å². The Labute approximate surface area is 332 Å². The molecule has 18 heteroatoms. The molecule has 0 aliphatic rings. The van der Waals surface area contributed by atoms with E-state index in [9.17, 15) is 25.2 Å². The fourth-order valence-corrected chi connectivity index (χ4v) is 6.23. The fourth-order valence-electron chi connectivity index (χ4n) is 5.90. The summed E-state index contributed by atoms with van der Waals surface area (Å²) >= 11 is 12.0. The van der Waals surface area contributed by atoms with E-state index in [4.69, 9.17) is 27.9 Å². The molecule has 0 atom stereocenters. The number of ether oxygens (including phenoxy) is 1. The first kappa shape index (κ1) is 39.8. The molecule has 15 nitrogen and oxygen atoms in total. The van der Waals surface area contributed by atoms with Crippen molar-refractivity contribution in [1.29, 1.82) is 10.5 Å². The topological polar surface area (TPSA) is 228 Å². The van der Waals surface area contributed by atoms with Gasteiger partial charge in [0.05, 0.1) is 63.1 Å². The molecule has 0 radical (unpaired) electrons. The Kier molecular flexibility index (Phi) is 12.1. The second-order valence-electron chi connectivity index (χ2n) is 11.5. The van der Waals surface area contributed by atoms with Crippen molar-refractivity contribution in [2.24, 2.45) is 0 Å². The summed E-state index contributed by atoms with van der Waals surface area (Å²) in [5, 5.41) is 40.0. The molecule has 2 aromatic carbocycles. The van der Waals surface area contributed by atoms with Crippen molar-refractivity contribution >= 4 is 78.8 Å². The Morgan fingerprint density at radius 2 is 1.18 bits per heavy atom. The molecular formula is C37H23Cl2LiN10O5. The predicted molar refractivity (Wildman–Crippen MR) is 196 cm³/mol. The summed E-state index contributed by atoms with van der Waals surface area (Å²) in [4.78, 5) is 40.1. The molecule has 266 valence electrons. The SMILES string of the molecule is COC(=O)c1nn(Cc2ccc3ncc(Cl)cc3c2)c2ccnc(C#N)c12.N#Cc1nccc2c1c(C(=O)O)nn2Cc1ccc2ncc(Cl)cc2c1.[Li+].[OH-]. The van der Waals surface area contributed by atoms with E-state index in [0.29, 0.717) is 39.6 Å². The molecule has 0 aliphatic carbocycles. The molecule has 0 bridgehead atoms.